The van der Waals surface area contributed by atoms with Gasteiger partial charge in [-0.25, -0.2) is 4.79 Å². The first-order valence-electron chi connectivity index (χ1n) is 9.22. The van der Waals surface area contributed by atoms with E-state index in [1.54, 1.807) is 4.57 Å². The van der Waals surface area contributed by atoms with E-state index in [9.17, 15) is 9.59 Å². The third-order valence-corrected chi connectivity index (χ3v) is 8.63. The fraction of sp³-hybridized carbons (Fsp3) is 0.684. The second-order valence-electron chi connectivity index (χ2n) is 8.51. The van der Waals surface area contributed by atoms with Gasteiger partial charge >= 0.3 is 5.97 Å². The lowest BCUT2D eigenvalue weighted by molar-refractivity contribution is -0.144. The monoisotopic (exact) mass is 363 g/mol. The number of rotatable bonds is 6. The molecule has 2 heterocycles. The van der Waals surface area contributed by atoms with Crippen molar-refractivity contribution in [2.45, 2.75) is 69.2 Å². The second kappa shape index (κ2) is 6.31. The molecular formula is C19H29NO4Si. The van der Waals surface area contributed by atoms with Gasteiger partial charge in [0.25, 0.3) is 5.56 Å². The number of esters is 1. The molecule has 0 bridgehead atoms. The van der Waals surface area contributed by atoms with Gasteiger partial charge in [-0.2, -0.15) is 0 Å². The SMILES string of the molecule is CCCCOc1cc2n(c(=O)c1)C(C(=O)OC)CC21CC1[Si](C)(C)C. The van der Waals surface area contributed by atoms with E-state index in [1.165, 1.54) is 13.2 Å². The Kier molecular flexibility index (Phi) is 4.60. The average Bonchev–Trinajstić information content (AvgIpc) is 3.19. The van der Waals surface area contributed by atoms with Crippen LogP contribution in [0, 0.1) is 0 Å². The molecule has 1 aromatic heterocycles. The van der Waals surface area contributed by atoms with Crippen molar-refractivity contribution in [2.24, 2.45) is 0 Å². The molecule has 25 heavy (non-hydrogen) atoms. The summed E-state index contributed by atoms with van der Waals surface area (Å²) < 4.78 is 12.4. The highest BCUT2D eigenvalue weighted by atomic mass is 28.3. The number of aromatic nitrogens is 1. The maximum Gasteiger partial charge on any atom is 0.329 e. The maximum atomic E-state index is 12.8. The van der Waals surface area contributed by atoms with E-state index in [1.807, 2.05) is 6.07 Å². The van der Waals surface area contributed by atoms with Crippen molar-refractivity contribution >= 4 is 14.0 Å². The zero-order chi connectivity index (χ0) is 18.4. The number of unbranched alkanes of at least 4 members (excludes halogenated alkanes) is 1. The number of carbonyl (C=O) groups is 1. The highest BCUT2D eigenvalue weighted by molar-refractivity contribution is 6.78. The van der Waals surface area contributed by atoms with Crippen LogP contribution < -0.4 is 10.3 Å². The van der Waals surface area contributed by atoms with E-state index in [0.29, 0.717) is 24.3 Å². The number of hydrogen-bond acceptors (Lipinski definition) is 4. The minimum atomic E-state index is -1.38. The van der Waals surface area contributed by atoms with Crippen molar-refractivity contribution in [3.05, 3.63) is 28.2 Å². The van der Waals surface area contributed by atoms with Gasteiger partial charge in [0.1, 0.15) is 11.8 Å². The minimum absolute atomic E-state index is 0.0490. The molecule has 1 aliphatic heterocycles. The Morgan fingerprint density at radius 1 is 1.32 bits per heavy atom. The summed E-state index contributed by atoms with van der Waals surface area (Å²) in [4.78, 5) is 25.0. The second-order valence-corrected chi connectivity index (χ2v) is 13.9. The first kappa shape index (κ1) is 18.2. The summed E-state index contributed by atoms with van der Waals surface area (Å²) in [6, 6.07) is 3.01. The number of methoxy groups -OCH3 is 1. The van der Waals surface area contributed by atoms with Crippen molar-refractivity contribution in [3.63, 3.8) is 0 Å². The van der Waals surface area contributed by atoms with Crippen LogP contribution in [-0.4, -0.2) is 32.3 Å². The lowest BCUT2D eigenvalue weighted by Gasteiger charge is -2.20. The molecule has 1 aliphatic carbocycles. The average molecular weight is 364 g/mol. The molecule has 6 heteroatoms. The molecule has 1 fully saturated rings. The molecule has 0 saturated heterocycles. The van der Waals surface area contributed by atoms with Crippen LogP contribution in [-0.2, 0) is 14.9 Å². The highest BCUT2D eigenvalue weighted by Crippen LogP contribution is 2.69. The standard InChI is InChI=1S/C19H29NO4Si/c1-6-7-8-24-13-9-15-19(12-16(19)25(3,4)5)11-14(18(22)23-2)20(15)17(21)10-13/h9-10,14,16H,6-8,11-12H2,1-5H3. The van der Waals surface area contributed by atoms with Crippen molar-refractivity contribution < 1.29 is 14.3 Å². The summed E-state index contributed by atoms with van der Waals surface area (Å²) in [5.74, 6) is 0.317. The maximum absolute atomic E-state index is 12.8. The van der Waals surface area contributed by atoms with E-state index in [-0.39, 0.29) is 16.9 Å². The van der Waals surface area contributed by atoms with Gasteiger partial charge in [0.15, 0.2) is 0 Å². The summed E-state index contributed by atoms with van der Waals surface area (Å²) in [6.45, 7) is 9.82. The van der Waals surface area contributed by atoms with E-state index in [0.717, 1.165) is 25.0 Å². The molecule has 1 aromatic rings. The fourth-order valence-corrected chi connectivity index (χ4v) is 7.39. The Morgan fingerprint density at radius 2 is 2.04 bits per heavy atom. The van der Waals surface area contributed by atoms with Crippen molar-refractivity contribution in [2.75, 3.05) is 13.7 Å². The summed E-state index contributed by atoms with van der Waals surface area (Å²) in [5, 5.41) is 0. The summed E-state index contributed by atoms with van der Waals surface area (Å²) >= 11 is 0. The van der Waals surface area contributed by atoms with E-state index in [2.05, 4.69) is 26.6 Å². The first-order valence-corrected chi connectivity index (χ1v) is 12.8. The summed E-state index contributed by atoms with van der Waals surface area (Å²) in [6.07, 6.45) is 3.76. The Labute approximate surface area is 150 Å². The lowest BCUT2D eigenvalue weighted by atomic mass is 9.98. The molecule has 3 unspecified atom stereocenters. The van der Waals surface area contributed by atoms with Gasteiger partial charge < -0.3 is 9.47 Å². The summed E-state index contributed by atoms with van der Waals surface area (Å²) in [7, 11) is 0.0139. The number of carbonyl (C=O) groups excluding carboxylic acids is 1. The molecule has 1 spiro atoms. The van der Waals surface area contributed by atoms with Gasteiger partial charge in [-0.1, -0.05) is 33.0 Å². The van der Waals surface area contributed by atoms with Crippen molar-refractivity contribution in [3.8, 4) is 5.75 Å². The smallest absolute Gasteiger partial charge is 0.329 e. The molecule has 3 atom stereocenters. The van der Waals surface area contributed by atoms with Crippen molar-refractivity contribution in [1.29, 1.82) is 0 Å². The molecular weight excluding hydrogens is 334 g/mol. The molecule has 3 rings (SSSR count). The molecule has 0 amide bonds. The van der Waals surface area contributed by atoms with Crippen LogP contribution in [0.4, 0.5) is 0 Å². The van der Waals surface area contributed by atoms with Crippen LogP contribution in [0.1, 0.15) is 44.3 Å². The predicted octanol–water partition coefficient (Wildman–Crippen LogP) is 3.49. The number of hydrogen-bond donors (Lipinski definition) is 0. The van der Waals surface area contributed by atoms with Crippen LogP contribution in [0.2, 0.25) is 25.2 Å². The molecule has 0 aromatic carbocycles. The Bertz CT molecular complexity index is 736. The Morgan fingerprint density at radius 3 is 2.60 bits per heavy atom. The lowest BCUT2D eigenvalue weighted by Crippen LogP contribution is -2.28. The van der Waals surface area contributed by atoms with Crippen molar-refractivity contribution in [1.82, 2.24) is 4.57 Å². The molecule has 1 saturated carbocycles. The number of nitrogens with zero attached hydrogens (tertiary/aromatic N) is 1. The fourth-order valence-electron chi connectivity index (χ4n) is 4.49. The zero-order valence-electron chi connectivity index (χ0n) is 15.9. The van der Waals surface area contributed by atoms with Gasteiger partial charge in [-0.05, 0) is 24.8 Å². The van der Waals surface area contributed by atoms with Crippen LogP contribution in [0.25, 0.3) is 0 Å². The van der Waals surface area contributed by atoms with Crippen LogP contribution >= 0.6 is 0 Å². The first-order chi connectivity index (χ1) is 11.7. The largest absolute Gasteiger partial charge is 0.493 e. The number of ether oxygens (including phenoxy) is 2. The number of pyridine rings is 1. The molecule has 0 N–H and O–H groups in total. The molecule has 5 nitrogen and oxygen atoms in total. The van der Waals surface area contributed by atoms with Gasteiger partial charge in [-0.15, -0.1) is 0 Å². The van der Waals surface area contributed by atoms with Gasteiger partial charge in [0.2, 0.25) is 0 Å². The van der Waals surface area contributed by atoms with E-state index >= 15 is 0 Å². The minimum Gasteiger partial charge on any atom is -0.493 e. The highest BCUT2D eigenvalue weighted by Gasteiger charge is 2.66. The molecule has 0 radical (unpaired) electrons. The number of fused-ring (bicyclic) bond motifs is 2. The van der Waals surface area contributed by atoms with Crippen LogP contribution in [0.15, 0.2) is 16.9 Å². The third-order valence-electron chi connectivity index (χ3n) is 5.78. The van der Waals surface area contributed by atoms with Gasteiger partial charge in [-0.3, -0.25) is 9.36 Å². The van der Waals surface area contributed by atoms with E-state index in [4.69, 9.17) is 9.47 Å². The zero-order valence-corrected chi connectivity index (χ0v) is 16.9. The van der Waals surface area contributed by atoms with Gasteiger partial charge in [0.05, 0.1) is 13.7 Å². The van der Waals surface area contributed by atoms with Crippen LogP contribution in [0.5, 0.6) is 5.75 Å². The Balaban J connectivity index is 2.02. The van der Waals surface area contributed by atoms with Gasteiger partial charge in [0, 0.05) is 31.3 Å². The molecule has 2 aliphatic rings. The third kappa shape index (κ3) is 3.05. The Hall–Kier alpha value is -1.56. The topological polar surface area (TPSA) is 57.5 Å². The summed E-state index contributed by atoms with van der Waals surface area (Å²) in [5.41, 5.74) is 1.37. The molecule has 138 valence electrons. The normalized spacial score (nSPS) is 27.2. The quantitative estimate of drug-likeness (QED) is 0.441. The van der Waals surface area contributed by atoms with Crippen LogP contribution in [0.3, 0.4) is 0 Å². The predicted molar refractivity (Wildman–Crippen MR) is 100 cm³/mol. The van der Waals surface area contributed by atoms with E-state index < -0.39 is 14.1 Å².